The number of carbonyl (C=O) groups is 1. The number of hydrogen-bond donors (Lipinski definition) is 1. The van der Waals surface area contributed by atoms with Gasteiger partial charge >= 0.3 is 5.97 Å². The first kappa shape index (κ1) is 18.5. The molecule has 1 aromatic heterocycles. The predicted octanol–water partition coefficient (Wildman–Crippen LogP) is 4.45. The normalized spacial score (nSPS) is 10.7. The molecule has 6 nitrogen and oxygen atoms in total. The van der Waals surface area contributed by atoms with E-state index in [9.17, 15) is 9.59 Å². The number of benzene rings is 2. The quantitative estimate of drug-likeness (QED) is 0.620. The van der Waals surface area contributed by atoms with Crippen molar-refractivity contribution in [3.05, 3.63) is 64.0 Å². The molecule has 1 N–H and O–H groups in total. The molecule has 27 heavy (non-hydrogen) atoms. The first-order valence-corrected chi connectivity index (χ1v) is 8.59. The minimum absolute atomic E-state index is 0.0435. The molecule has 3 rings (SSSR count). The molecule has 0 saturated carbocycles. The lowest BCUT2D eigenvalue weighted by Gasteiger charge is -2.09. The maximum atomic E-state index is 12.7. The average molecular weight is 368 g/mol. The van der Waals surface area contributed by atoms with E-state index in [2.05, 4.69) is 0 Å². The van der Waals surface area contributed by atoms with Gasteiger partial charge in [0.2, 0.25) is 11.2 Å². The molecule has 0 bridgehead atoms. The minimum atomic E-state index is -0.862. The van der Waals surface area contributed by atoms with Crippen molar-refractivity contribution in [1.82, 2.24) is 0 Å². The van der Waals surface area contributed by atoms with E-state index >= 15 is 0 Å². The summed E-state index contributed by atoms with van der Waals surface area (Å²) in [5.41, 5.74) is 2.19. The van der Waals surface area contributed by atoms with Gasteiger partial charge in [0, 0.05) is 12.5 Å². The number of aliphatic carboxylic acids is 1. The van der Waals surface area contributed by atoms with Gasteiger partial charge in [0.15, 0.2) is 0 Å². The molecule has 0 aliphatic heterocycles. The standard InChI is InChI=1S/C21H20O6/c1-13-8-14(2)10-16(9-13)27-19-12-26-18-11-15(5-6-17(18)21(19)24)25-7-3-4-20(22)23/h5-6,8-12H,3-4,7H2,1-2H3,(H,22,23). The summed E-state index contributed by atoms with van der Waals surface area (Å²) < 4.78 is 16.8. The highest BCUT2D eigenvalue weighted by Crippen LogP contribution is 2.25. The van der Waals surface area contributed by atoms with Crippen LogP contribution in [0.1, 0.15) is 24.0 Å². The van der Waals surface area contributed by atoms with E-state index in [1.54, 1.807) is 18.2 Å². The van der Waals surface area contributed by atoms with Crippen molar-refractivity contribution in [2.24, 2.45) is 0 Å². The molecule has 0 aliphatic carbocycles. The van der Waals surface area contributed by atoms with Crippen LogP contribution < -0.4 is 14.9 Å². The fourth-order valence-corrected chi connectivity index (χ4v) is 2.78. The topological polar surface area (TPSA) is 86.0 Å². The van der Waals surface area contributed by atoms with Crippen molar-refractivity contribution >= 4 is 16.9 Å². The van der Waals surface area contributed by atoms with Gasteiger partial charge in [0.05, 0.1) is 12.0 Å². The number of ether oxygens (including phenoxy) is 2. The largest absolute Gasteiger partial charge is 0.493 e. The summed E-state index contributed by atoms with van der Waals surface area (Å²) in [5.74, 6) is 0.346. The van der Waals surface area contributed by atoms with Gasteiger partial charge in [-0.1, -0.05) is 6.07 Å². The molecular weight excluding hydrogens is 348 g/mol. The number of hydrogen-bond acceptors (Lipinski definition) is 5. The van der Waals surface area contributed by atoms with E-state index in [0.717, 1.165) is 11.1 Å². The number of fused-ring (bicyclic) bond motifs is 1. The van der Waals surface area contributed by atoms with E-state index in [1.165, 1.54) is 6.26 Å². The first-order valence-electron chi connectivity index (χ1n) is 8.59. The Morgan fingerprint density at radius 2 is 1.81 bits per heavy atom. The van der Waals surface area contributed by atoms with Crippen LogP contribution >= 0.6 is 0 Å². The lowest BCUT2D eigenvalue weighted by Crippen LogP contribution is -2.06. The fourth-order valence-electron chi connectivity index (χ4n) is 2.78. The van der Waals surface area contributed by atoms with Crippen molar-refractivity contribution in [2.75, 3.05) is 6.61 Å². The van der Waals surface area contributed by atoms with Gasteiger partial charge in [-0.2, -0.15) is 0 Å². The summed E-state index contributed by atoms with van der Waals surface area (Å²) in [6.45, 7) is 4.19. The minimum Gasteiger partial charge on any atom is -0.493 e. The van der Waals surface area contributed by atoms with Crippen LogP contribution in [-0.2, 0) is 4.79 Å². The van der Waals surface area contributed by atoms with Crippen LogP contribution in [-0.4, -0.2) is 17.7 Å². The molecular formula is C21H20O6. The van der Waals surface area contributed by atoms with Crippen LogP contribution in [0, 0.1) is 13.8 Å². The zero-order valence-electron chi connectivity index (χ0n) is 15.2. The zero-order valence-corrected chi connectivity index (χ0v) is 15.2. The molecule has 0 amide bonds. The molecule has 140 valence electrons. The van der Waals surface area contributed by atoms with E-state index in [4.69, 9.17) is 19.0 Å². The molecule has 6 heteroatoms. The second-order valence-electron chi connectivity index (χ2n) is 6.36. The van der Waals surface area contributed by atoms with E-state index in [1.807, 2.05) is 32.0 Å². The summed E-state index contributed by atoms with van der Waals surface area (Å²) in [6, 6.07) is 10.6. The first-order chi connectivity index (χ1) is 12.9. The van der Waals surface area contributed by atoms with Gasteiger partial charge in [-0.25, -0.2) is 0 Å². The number of rotatable bonds is 7. The second-order valence-corrected chi connectivity index (χ2v) is 6.36. The van der Waals surface area contributed by atoms with Crippen LogP contribution in [0.2, 0.25) is 0 Å². The highest BCUT2D eigenvalue weighted by atomic mass is 16.5. The molecule has 3 aromatic rings. The summed E-state index contributed by atoms with van der Waals surface area (Å²) in [4.78, 5) is 23.2. The van der Waals surface area contributed by atoms with E-state index in [-0.39, 0.29) is 24.2 Å². The molecule has 0 fully saturated rings. The van der Waals surface area contributed by atoms with Crippen molar-refractivity contribution in [3.63, 3.8) is 0 Å². The second kappa shape index (κ2) is 7.95. The molecule has 0 radical (unpaired) electrons. The number of carboxylic acids is 1. The predicted molar refractivity (Wildman–Crippen MR) is 101 cm³/mol. The summed E-state index contributed by atoms with van der Waals surface area (Å²) in [6.07, 6.45) is 1.73. The summed E-state index contributed by atoms with van der Waals surface area (Å²) >= 11 is 0. The lowest BCUT2D eigenvalue weighted by atomic mass is 10.1. The Morgan fingerprint density at radius 1 is 1.07 bits per heavy atom. The van der Waals surface area contributed by atoms with Crippen molar-refractivity contribution in [1.29, 1.82) is 0 Å². The van der Waals surface area contributed by atoms with Crippen LogP contribution in [0.3, 0.4) is 0 Å². The van der Waals surface area contributed by atoms with Gasteiger partial charge in [-0.15, -0.1) is 0 Å². The molecule has 0 aliphatic rings. The molecule has 0 atom stereocenters. The van der Waals surface area contributed by atoms with Gasteiger partial charge in [-0.3, -0.25) is 9.59 Å². The van der Waals surface area contributed by atoms with E-state index in [0.29, 0.717) is 28.9 Å². The third-order valence-corrected chi connectivity index (χ3v) is 3.94. The van der Waals surface area contributed by atoms with Gasteiger partial charge in [-0.05, 0) is 55.7 Å². The van der Waals surface area contributed by atoms with Crippen LogP contribution in [0.15, 0.2) is 51.9 Å². The Morgan fingerprint density at radius 3 is 2.52 bits per heavy atom. The third-order valence-electron chi connectivity index (χ3n) is 3.94. The molecule has 0 spiro atoms. The number of carboxylic acid groups (broad SMARTS) is 1. The zero-order chi connectivity index (χ0) is 19.4. The Kier molecular flexibility index (Phi) is 5.45. The molecule has 2 aromatic carbocycles. The van der Waals surface area contributed by atoms with Gasteiger partial charge in [0.25, 0.3) is 0 Å². The highest BCUT2D eigenvalue weighted by Gasteiger charge is 2.11. The van der Waals surface area contributed by atoms with E-state index < -0.39 is 5.97 Å². The van der Waals surface area contributed by atoms with Crippen molar-refractivity contribution in [3.8, 4) is 17.2 Å². The Bertz CT molecular complexity index is 1010. The monoisotopic (exact) mass is 368 g/mol. The van der Waals surface area contributed by atoms with Gasteiger partial charge < -0.3 is 19.0 Å². The maximum absolute atomic E-state index is 12.7. The molecule has 1 heterocycles. The SMILES string of the molecule is Cc1cc(C)cc(Oc2coc3cc(OCCCC(=O)O)ccc3c2=O)c1. The lowest BCUT2D eigenvalue weighted by molar-refractivity contribution is -0.137. The molecule has 0 unspecified atom stereocenters. The highest BCUT2D eigenvalue weighted by molar-refractivity contribution is 5.79. The van der Waals surface area contributed by atoms with Crippen molar-refractivity contribution in [2.45, 2.75) is 26.7 Å². The molecule has 0 saturated heterocycles. The Balaban J connectivity index is 1.79. The smallest absolute Gasteiger partial charge is 0.303 e. The fraction of sp³-hybridized carbons (Fsp3) is 0.238. The van der Waals surface area contributed by atoms with Crippen LogP contribution in [0.5, 0.6) is 17.2 Å². The van der Waals surface area contributed by atoms with Crippen LogP contribution in [0.4, 0.5) is 0 Å². The number of aryl methyl sites for hydroxylation is 2. The summed E-state index contributed by atoms with van der Waals surface area (Å²) in [5, 5.41) is 9.01. The Hall–Kier alpha value is -3.28. The van der Waals surface area contributed by atoms with Crippen molar-refractivity contribution < 1.29 is 23.8 Å². The summed E-state index contributed by atoms with van der Waals surface area (Å²) in [7, 11) is 0. The van der Waals surface area contributed by atoms with Crippen LogP contribution in [0.25, 0.3) is 11.0 Å². The van der Waals surface area contributed by atoms with Gasteiger partial charge in [0.1, 0.15) is 23.3 Å². The Labute approximate surface area is 156 Å². The average Bonchev–Trinajstić information content (AvgIpc) is 2.60. The third kappa shape index (κ3) is 4.67. The maximum Gasteiger partial charge on any atom is 0.303 e.